The van der Waals surface area contributed by atoms with Crippen molar-refractivity contribution in [1.82, 2.24) is 9.38 Å². The first-order chi connectivity index (χ1) is 14.7. The third kappa shape index (κ3) is 4.44. The van der Waals surface area contributed by atoms with Crippen LogP contribution in [-0.4, -0.2) is 23.7 Å². The number of carbonyl (C=O) groups excluding carboxylic acids is 1. The molecule has 0 bridgehead atoms. The fourth-order valence-corrected chi connectivity index (χ4v) is 4.60. The lowest BCUT2D eigenvalue weighted by molar-refractivity contribution is 0.102. The molecule has 2 N–H and O–H groups in total. The molecule has 0 atom stereocenters. The number of hydrogen-bond acceptors (Lipinski definition) is 4. The van der Waals surface area contributed by atoms with E-state index in [0.717, 1.165) is 11.1 Å². The summed E-state index contributed by atoms with van der Waals surface area (Å²) >= 11 is 0. The third-order valence-corrected chi connectivity index (χ3v) is 6.38. The second-order valence-corrected chi connectivity index (χ2v) is 9.16. The van der Waals surface area contributed by atoms with Crippen molar-refractivity contribution in [2.24, 2.45) is 0 Å². The number of anilines is 2. The normalized spacial score (nSPS) is 11.5. The Morgan fingerprint density at radius 2 is 1.71 bits per heavy atom. The number of benzene rings is 2. The Kier molecular flexibility index (Phi) is 5.24. The van der Waals surface area contributed by atoms with Gasteiger partial charge in [0.05, 0.1) is 4.90 Å². The molecule has 0 fully saturated rings. The standard InChI is InChI=1S/C23H22N4O3S/c1-15-5-4-6-19(11-15)26-31(29,30)21-13-18(8-7-17(21)3)24-23(28)20-14-27-10-9-16(2)12-22(27)25-20/h4-14,26H,1-3H3,(H,24,28). The van der Waals surface area contributed by atoms with Crippen LogP contribution >= 0.6 is 0 Å². The van der Waals surface area contributed by atoms with Gasteiger partial charge in [-0.15, -0.1) is 0 Å². The van der Waals surface area contributed by atoms with E-state index in [-0.39, 0.29) is 10.6 Å². The zero-order valence-electron chi connectivity index (χ0n) is 17.4. The molecule has 0 saturated heterocycles. The maximum atomic E-state index is 13.0. The average Bonchev–Trinajstić information content (AvgIpc) is 3.12. The molecule has 4 aromatic rings. The number of hydrogen-bond donors (Lipinski definition) is 2. The average molecular weight is 435 g/mol. The molecule has 2 aromatic carbocycles. The summed E-state index contributed by atoms with van der Waals surface area (Å²) in [6.07, 6.45) is 3.47. The molecule has 0 spiro atoms. The molecule has 158 valence electrons. The maximum Gasteiger partial charge on any atom is 0.275 e. The van der Waals surface area contributed by atoms with E-state index in [9.17, 15) is 13.2 Å². The van der Waals surface area contributed by atoms with Crippen molar-refractivity contribution in [3.8, 4) is 0 Å². The molecule has 8 heteroatoms. The monoisotopic (exact) mass is 434 g/mol. The van der Waals surface area contributed by atoms with Crippen LogP contribution in [0.4, 0.5) is 11.4 Å². The quantitative estimate of drug-likeness (QED) is 0.489. The lowest BCUT2D eigenvalue weighted by Crippen LogP contribution is -2.16. The minimum absolute atomic E-state index is 0.0948. The van der Waals surface area contributed by atoms with Crippen molar-refractivity contribution in [1.29, 1.82) is 0 Å². The Morgan fingerprint density at radius 3 is 2.48 bits per heavy atom. The highest BCUT2D eigenvalue weighted by Crippen LogP contribution is 2.24. The molecular weight excluding hydrogens is 412 g/mol. The molecule has 0 saturated carbocycles. The van der Waals surface area contributed by atoms with Crippen LogP contribution in [0.3, 0.4) is 0 Å². The Balaban J connectivity index is 1.60. The van der Waals surface area contributed by atoms with E-state index in [2.05, 4.69) is 15.0 Å². The molecule has 0 radical (unpaired) electrons. The van der Waals surface area contributed by atoms with Crippen molar-refractivity contribution in [2.45, 2.75) is 25.7 Å². The van der Waals surface area contributed by atoms with Gasteiger partial charge in [0.2, 0.25) is 0 Å². The number of rotatable bonds is 5. The van der Waals surface area contributed by atoms with Gasteiger partial charge in [0.25, 0.3) is 15.9 Å². The highest BCUT2D eigenvalue weighted by atomic mass is 32.2. The summed E-state index contributed by atoms with van der Waals surface area (Å²) in [5, 5.41) is 2.74. The molecule has 0 aliphatic rings. The first-order valence-electron chi connectivity index (χ1n) is 9.68. The number of imidazole rings is 1. The minimum atomic E-state index is -3.83. The SMILES string of the molecule is Cc1cccc(NS(=O)(=O)c2cc(NC(=O)c3cn4ccc(C)cc4n3)ccc2C)c1. The number of sulfonamides is 1. The first kappa shape index (κ1) is 20.6. The van der Waals surface area contributed by atoms with E-state index in [1.165, 1.54) is 6.07 Å². The van der Waals surface area contributed by atoms with Gasteiger partial charge < -0.3 is 9.72 Å². The van der Waals surface area contributed by atoms with E-state index >= 15 is 0 Å². The number of fused-ring (bicyclic) bond motifs is 1. The lowest BCUT2D eigenvalue weighted by atomic mass is 10.2. The van der Waals surface area contributed by atoms with Crippen molar-refractivity contribution in [3.05, 3.63) is 89.4 Å². The predicted octanol–water partition coefficient (Wildman–Crippen LogP) is 4.31. The van der Waals surface area contributed by atoms with Crippen LogP contribution in [0.2, 0.25) is 0 Å². The van der Waals surface area contributed by atoms with Crippen molar-refractivity contribution in [2.75, 3.05) is 10.0 Å². The molecule has 2 heterocycles. The molecule has 0 aliphatic carbocycles. The first-order valence-corrected chi connectivity index (χ1v) is 11.2. The Hall–Kier alpha value is -3.65. The van der Waals surface area contributed by atoms with Gasteiger partial charge in [0, 0.05) is 23.8 Å². The fourth-order valence-electron chi connectivity index (χ4n) is 3.27. The number of carbonyl (C=O) groups is 1. The second kappa shape index (κ2) is 7.88. The number of pyridine rings is 1. The zero-order valence-corrected chi connectivity index (χ0v) is 18.2. The fraction of sp³-hybridized carbons (Fsp3) is 0.130. The highest BCUT2D eigenvalue weighted by molar-refractivity contribution is 7.92. The number of aromatic nitrogens is 2. The molecule has 0 aliphatic heterocycles. The number of nitrogens with zero attached hydrogens (tertiary/aromatic N) is 2. The van der Waals surface area contributed by atoms with Crippen LogP contribution in [-0.2, 0) is 10.0 Å². The molecule has 7 nitrogen and oxygen atoms in total. The summed E-state index contributed by atoms with van der Waals surface area (Å²) in [6.45, 7) is 5.55. The molecule has 4 rings (SSSR count). The van der Waals surface area contributed by atoms with Gasteiger partial charge in [-0.2, -0.15) is 0 Å². The smallest absolute Gasteiger partial charge is 0.275 e. The predicted molar refractivity (Wildman–Crippen MR) is 121 cm³/mol. The number of aryl methyl sites for hydroxylation is 3. The third-order valence-electron chi connectivity index (χ3n) is 4.85. The summed E-state index contributed by atoms with van der Waals surface area (Å²) in [5.41, 5.74) is 4.32. The van der Waals surface area contributed by atoms with Crippen LogP contribution in [0.15, 0.2) is 71.9 Å². The van der Waals surface area contributed by atoms with Crippen LogP contribution in [0.25, 0.3) is 5.65 Å². The summed E-state index contributed by atoms with van der Waals surface area (Å²) < 4.78 is 30.3. The molecule has 0 unspecified atom stereocenters. The number of nitrogens with one attached hydrogen (secondary N) is 2. The lowest BCUT2D eigenvalue weighted by Gasteiger charge is -2.13. The Bertz CT molecular complexity index is 1410. The zero-order chi connectivity index (χ0) is 22.2. The van der Waals surface area contributed by atoms with Gasteiger partial charge >= 0.3 is 0 Å². The van der Waals surface area contributed by atoms with E-state index in [4.69, 9.17) is 0 Å². The summed E-state index contributed by atoms with van der Waals surface area (Å²) in [6, 6.07) is 15.7. The van der Waals surface area contributed by atoms with Gasteiger partial charge in [-0.3, -0.25) is 9.52 Å². The Morgan fingerprint density at radius 1 is 0.935 bits per heavy atom. The molecule has 31 heavy (non-hydrogen) atoms. The molecule has 2 aromatic heterocycles. The van der Waals surface area contributed by atoms with Crippen molar-refractivity contribution >= 4 is 33.0 Å². The van der Waals surface area contributed by atoms with Gasteiger partial charge in [0.15, 0.2) is 0 Å². The largest absolute Gasteiger partial charge is 0.321 e. The van der Waals surface area contributed by atoms with Crippen LogP contribution in [0, 0.1) is 20.8 Å². The van der Waals surface area contributed by atoms with Crippen LogP contribution in [0.1, 0.15) is 27.2 Å². The van der Waals surface area contributed by atoms with Gasteiger partial charge in [0.1, 0.15) is 11.3 Å². The van der Waals surface area contributed by atoms with Crippen molar-refractivity contribution in [3.63, 3.8) is 0 Å². The maximum absolute atomic E-state index is 13.0. The van der Waals surface area contributed by atoms with Gasteiger partial charge in [-0.1, -0.05) is 18.2 Å². The topological polar surface area (TPSA) is 92.6 Å². The second-order valence-electron chi connectivity index (χ2n) is 7.51. The molecule has 1 amide bonds. The van der Waals surface area contributed by atoms with Crippen LogP contribution < -0.4 is 10.0 Å². The van der Waals surface area contributed by atoms with Crippen molar-refractivity contribution < 1.29 is 13.2 Å². The Labute approximate surface area is 180 Å². The molecular formula is C23H22N4O3S. The van der Waals surface area contributed by atoms with Gasteiger partial charge in [-0.25, -0.2) is 13.4 Å². The van der Waals surface area contributed by atoms with Gasteiger partial charge in [-0.05, 0) is 73.9 Å². The summed E-state index contributed by atoms with van der Waals surface area (Å²) in [4.78, 5) is 17.1. The summed E-state index contributed by atoms with van der Waals surface area (Å²) in [7, 11) is -3.83. The van der Waals surface area contributed by atoms with E-state index in [0.29, 0.717) is 22.6 Å². The number of amides is 1. The highest BCUT2D eigenvalue weighted by Gasteiger charge is 2.19. The van der Waals surface area contributed by atoms with E-state index < -0.39 is 15.9 Å². The van der Waals surface area contributed by atoms with E-state index in [1.54, 1.807) is 47.9 Å². The minimum Gasteiger partial charge on any atom is -0.321 e. The van der Waals surface area contributed by atoms with E-state index in [1.807, 2.05) is 38.2 Å². The van der Waals surface area contributed by atoms with Crippen LogP contribution in [0.5, 0.6) is 0 Å². The summed E-state index contributed by atoms with van der Waals surface area (Å²) in [5.74, 6) is -0.416.